The van der Waals surface area contributed by atoms with Crippen molar-refractivity contribution in [1.82, 2.24) is 9.21 Å². The van der Waals surface area contributed by atoms with E-state index in [1.807, 2.05) is 18.2 Å². The molecule has 0 unspecified atom stereocenters. The van der Waals surface area contributed by atoms with E-state index in [1.54, 1.807) is 30.2 Å². The highest BCUT2D eigenvalue weighted by Gasteiger charge is 2.29. The van der Waals surface area contributed by atoms with Crippen LogP contribution in [0.1, 0.15) is 6.92 Å². The smallest absolute Gasteiger partial charge is 0.243 e. The first-order chi connectivity index (χ1) is 11.4. The monoisotopic (exact) mass is 348 g/mol. The van der Waals surface area contributed by atoms with Crippen LogP contribution in [0, 0.1) is 0 Å². The van der Waals surface area contributed by atoms with Crippen LogP contribution in [0.25, 0.3) is 10.8 Å². The number of amides is 1. The number of rotatable bonds is 3. The Morgan fingerprint density at radius 2 is 1.62 bits per heavy atom. The molecule has 0 bridgehead atoms. The third-order valence-electron chi connectivity index (χ3n) is 4.34. The highest BCUT2D eigenvalue weighted by Crippen LogP contribution is 2.25. The number of piperazine rings is 1. The molecule has 0 aromatic heterocycles. The second kappa shape index (κ2) is 6.41. The zero-order chi connectivity index (χ0) is 17.3. The zero-order valence-corrected chi connectivity index (χ0v) is 14.5. The van der Waals surface area contributed by atoms with Crippen molar-refractivity contribution in [2.24, 2.45) is 0 Å². The summed E-state index contributed by atoms with van der Waals surface area (Å²) in [4.78, 5) is 13.3. The Hall–Kier alpha value is -2.12. The summed E-state index contributed by atoms with van der Waals surface area (Å²) in [5, 5.41) is 1.77. The summed E-state index contributed by atoms with van der Waals surface area (Å²) in [5.41, 5.74) is 0. The molecule has 0 N–H and O–H groups in total. The van der Waals surface area contributed by atoms with Gasteiger partial charge < -0.3 is 9.64 Å². The Balaban J connectivity index is 1.87. The van der Waals surface area contributed by atoms with Gasteiger partial charge in [-0.2, -0.15) is 4.31 Å². The molecule has 0 radical (unpaired) electrons. The van der Waals surface area contributed by atoms with Gasteiger partial charge >= 0.3 is 0 Å². The fourth-order valence-corrected chi connectivity index (χ4v) is 4.34. The lowest BCUT2D eigenvalue weighted by atomic mass is 10.1. The third kappa shape index (κ3) is 3.09. The molecule has 1 heterocycles. The first kappa shape index (κ1) is 16.7. The van der Waals surface area contributed by atoms with E-state index in [4.69, 9.17) is 4.74 Å². The predicted molar refractivity (Wildman–Crippen MR) is 91.5 cm³/mol. The Bertz CT molecular complexity index is 871. The molecule has 1 amide bonds. The van der Waals surface area contributed by atoms with Gasteiger partial charge in [0, 0.05) is 33.1 Å². The quantitative estimate of drug-likeness (QED) is 0.847. The molecule has 128 valence electrons. The minimum Gasteiger partial charge on any atom is -0.497 e. The molecule has 1 saturated heterocycles. The SMILES string of the molecule is COc1ccc2cc(S(=O)(=O)N3CCN(C(C)=O)CC3)ccc2c1. The maximum atomic E-state index is 12.8. The van der Waals surface area contributed by atoms with Crippen LogP contribution >= 0.6 is 0 Å². The second-order valence-electron chi connectivity index (χ2n) is 5.79. The van der Waals surface area contributed by atoms with Crippen LogP contribution in [0.3, 0.4) is 0 Å². The van der Waals surface area contributed by atoms with Gasteiger partial charge in [-0.15, -0.1) is 0 Å². The van der Waals surface area contributed by atoms with Crippen LogP contribution in [-0.2, 0) is 14.8 Å². The largest absolute Gasteiger partial charge is 0.497 e. The van der Waals surface area contributed by atoms with E-state index < -0.39 is 10.0 Å². The van der Waals surface area contributed by atoms with Crippen LogP contribution in [0.15, 0.2) is 41.3 Å². The van der Waals surface area contributed by atoms with Crippen LogP contribution in [0.4, 0.5) is 0 Å². The maximum absolute atomic E-state index is 12.8. The van der Waals surface area contributed by atoms with E-state index in [2.05, 4.69) is 0 Å². The van der Waals surface area contributed by atoms with Gasteiger partial charge in [-0.05, 0) is 35.0 Å². The second-order valence-corrected chi connectivity index (χ2v) is 7.72. The van der Waals surface area contributed by atoms with Gasteiger partial charge in [-0.3, -0.25) is 4.79 Å². The Kier molecular flexibility index (Phi) is 4.47. The number of hydrogen-bond donors (Lipinski definition) is 0. The van der Waals surface area contributed by atoms with Crippen molar-refractivity contribution >= 4 is 26.7 Å². The lowest BCUT2D eigenvalue weighted by molar-refractivity contribution is -0.129. The normalized spacial score (nSPS) is 16.3. The maximum Gasteiger partial charge on any atom is 0.243 e. The van der Waals surface area contributed by atoms with Gasteiger partial charge in [0.1, 0.15) is 5.75 Å². The Morgan fingerprint density at radius 1 is 1.00 bits per heavy atom. The molecule has 24 heavy (non-hydrogen) atoms. The molecule has 6 nitrogen and oxygen atoms in total. The van der Waals surface area contributed by atoms with Crippen molar-refractivity contribution < 1.29 is 17.9 Å². The number of ether oxygens (including phenoxy) is 1. The number of hydrogen-bond acceptors (Lipinski definition) is 4. The molecule has 1 aliphatic heterocycles. The van der Waals surface area contributed by atoms with Crippen LogP contribution in [-0.4, -0.2) is 56.8 Å². The number of benzene rings is 2. The minimum absolute atomic E-state index is 0.0216. The first-order valence-electron chi connectivity index (χ1n) is 7.75. The molecule has 2 aromatic rings. The summed E-state index contributed by atoms with van der Waals surface area (Å²) in [7, 11) is -1.96. The lowest BCUT2D eigenvalue weighted by Crippen LogP contribution is -2.49. The third-order valence-corrected chi connectivity index (χ3v) is 6.24. The molecule has 3 rings (SSSR count). The molecular weight excluding hydrogens is 328 g/mol. The fraction of sp³-hybridized carbons (Fsp3) is 0.353. The standard InChI is InChI=1S/C17H20N2O4S/c1-13(20)18-7-9-19(10-8-18)24(21,22)17-6-4-14-11-16(23-2)5-3-15(14)12-17/h3-6,11-12H,7-10H2,1-2H3. The van der Waals surface area contributed by atoms with Gasteiger partial charge in [0.2, 0.25) is 15.9 Å². The van der Waals surface area contributed by atoms with Crippen molar-refractivity contribution in [3.8, 4) is 5.75 Å². The Morgan fingerprint density at radius 3 is 2.25 bits per heavy atom. The summed E-state index contributed by atoms with van der Waals surface area (Å²) >= 11 is 0. The van der Waals surface area contributed by atoms with Crippen molar-refractivity contribution in [3.63, 3.8) is 0 Å². The van der Waals surface area contributed by atoms with E-state index in [1.165, 1.54) is 11.2 Å². The molecular formula is C17H20N2O4S. The summed E-state index contributed by atoms with van der Waals surface area (Å²) in [6.07, 6.45) is 0. The molecule has 0 aliphatic carbocycles. The molecule has 1 aliphatic rings. The van der Waals surface area contributed by atoms with Gasteiger partial charge in [0.05, 0.1) is 12.0 Å². The average Bonchev–Trinajstić information content (AvgIpc) is 2.60. The molecule has 1 fully saturated rings. The minimum atomic E-state index is -3.55. The summed E-state index contributed by atoms with van der Waals surface area (Å²) < 4.78 is 32.3. The Labute approximate surface area is 141 Å². The van der Waals surface area contributed by atoms with Crippen molar-refractivity contribution in [3.05, 3.63) is 36.4 Å². The van der Waals surface area contributed by atoms with E-state index in [-0.39, 0.29) is 10.8 Å². The number of nitrogens with zero attached hydrogens (tertiary/aromatic N) is 2. The van der Waals surface area contributed by atoms with E-state index in [0.717, 1.165) is 16.5 Å². The molecule has 0 spiro atoms. The van der Waals surface area contributed by atoms with E-state index in [9.17, 15) is 13.2 Å². The highest BCUT2D eigenvalue weighted by molar-refractivity contribution is 7.89. The van der Waals surface area contributed by atoms with E-state index >= 15 is 0 Å². The number of sulfonamides is 1. The van der Waals surface area contributed by atoms with Crippen LogP contribution in [0.5, 0.6) is 5.75 Å². The zero-order valence-electron chi connectivity index (χ0n) is 13.7. The molecule has 0 atom stereocenters. The molecule has 2 aromatic carbocycles. The summed E-state index contributed by atoms with van der Waals surface area (Å²) in [6.45, 7) is 3.01. The van der Waals surface area contributed by atoms with Gasteiger partial charge in [-0.1, -0.05) is 12.1 Å². The van der Waals surface area contributed by atoms with Gasteiger partial charge in [0.15, 0.2) is 0 Å². The van der Waals surface area contributed by atoms with Gasteiger partial charge in [-0.25, -0.2) is 8.42 Å². The van der Waals surface area contributed by atoms with E-state index in [0.29, 0.717) is 26.2 Å². The topological polar surface area (TPSA) is 66.9 Å². The number of methoxy groups -OCH3 is 1. The van der Waals surface area contributed by atoms with Crippen molar-refractivity contribution in [2.45, 2.75) is 11.8 Å². The first-order valence-corrected chi connectivity index (χ1v) is 9.19. The predicted octanol–water partition coefficient (Wildman–Crippen LogP) is 1.70. The summed E-state index contributed by atoms with van der Waals surface area (Å²) in [6, 6.07) is 10.6. The highest BCUT2D eigenvalue weighted by atomic mass is 32.2. The molecule has 0 saturated carbocycles. The summed E-state index contributed by atoms with van der Waals surface area (Å²) in [5.74, 6) is 0.713. The van der Waals surface area contributed by atoms with Crippen molar-refractivity contribution in [1.29, 1.82) is 0 Å². The molecule has 7 heteroatoms. The number of carbonyl (C=O) groups excluding carboxylic acids is 1. The lowest BCUT2D eigenvalue weighted by Gasteiger charge is -2.33. The number of carbonyl (C=O) groups is 1. The van der Waals surface area contributed by atoms with Crippen LogP contribution < -0.4 is 4.74 Å². The number of fused-ring (bicyclic) bond motifs is 1. The fourth-order valence-electron chi connectivity index (χ4n) is 2.88. The van der Waals surface area contributed by atoms with Crippen LogP contribution in [0.2, 0.25) is 0 Å². The van der Waals surface area contributed by atoms with Gasteiger partial charge in [0.25, 0.3) is 0 Å². The average molecular weight is 348 g/mol. The van der Waals surface area contributed by atoms with Crippen molar-refractivity contribution in [2.75, 3.05) is 33.3 Å².